The van der Waals surface area contributed by atoms with Gasteiger partial charge in [-0.1, -0.05) is 6.07 Å². The van der Waals surface area contributed by atoms with Crippen LogP contribution in [0.1, 0.15) is 6.42 Å². The molecule has 0 radical (unpaired) electrons. The normalized spacial score (nSPS) is 9.41. The fourth-order valence-electron chi connectivity index (χ4n) is 1.27. The minimum atomic E-state index is -0.102. The molecule has 0 spiro atoms. The van der Waals surface area contributed by atoms with Gasteiger partial charge in [-0.15, -0.1) is 12.3 Å². The molecule has 0 unspecified atom stereocenters. The summed E-state index contributed by atoms with van der Waals surface area (Å²) in [6.07, 6.45) is 5.71. The third-order valence-corrected chi connectivity index (χ3v) is 2.09. The average Bonchev–Trinajstić information content (AvgIpc) is 2.35. The van der Waals surface area contributed by atoms with Crippen LogP contribution in [0.2, 0.25) is 0 Å². The van der Waals surface area contributed by atoms with Crippen molar-refractivity contribution in [3.05, 3.63) is 24.3 Å². The fourth-order valence-corrected chi connectivity index (χ4v) is 1.27. The zero-order valence-corrected chi connectivity index (χ0v) is 9.82. The van der Waals surface area contributed by atoms with E-state index in [2.05, 4.69) is 16.6 Å². The minimum absolute atomic E-state index is 0.102. The summed E-state index contributed by atoms with van der Waals surface area (Å²) in [6, 6.07) is 7.21. The number of methoxy groups -OCH3 is 1. The Morgan fingerprint density at radius 1 is 1.53 bits per heavy atom. The van der Waals surface area contributed by atoms with E-state index in [1.807, 2.05) is 18.2 Å². The molecule has 1 amide bonds. The van der Waals surface area contributed by atoms with Gasteiger partial charge in [0.1, 0.15) is 5.75 Å². The first-order valence-electron chi connectivity index (χ1n) is 5.34. The van der Waals surface area contributed by atoms with Crippen LogP contribution in [0.5, 0.6) is 5.75 Å². The molecule has 0 aliphatic rings. The molecule has 0 fully saturated rings. The quantitative estimate of drug-likeness (QED) is 0.573. The van der Waals surface area contributed by atoms with E-state index in [1.165, 1.54) is 0 Å². The molecule has 4 nitrogen and oxygen atoms in total. The summed E-state index contributed by atoms with van der Waals surface area (Å²) in [5.74, 6) is 3.11. The maximum atomic E-state index is 11.5. The molecule has 2 N–H and O–H groups in total. The Morgan fingerprint density at radius 2 is 2.35 bits per heavy atom. The molecule has 0 aliphatic heterocycles. The van der Waals surface area contributed by atoms with Crippen LogP contribution in [0.25, 0.3) is 0 Å². The molecular formula is C13H16N2O2. The molecule has 0 bridgehead atoms. The average molecular weight is 232 g/mol. The molecule has 1 aromatic rings. The van der Waals surface area contributed by atoms with E-state index in [-0.39, 0.29) is 12.5 Å². The van der Waals surface area contributed by atoms with Crippen LogP contribution in [0, 0.1) is 12.3 Å². The molecule has 0 atom stereocenters. The lowest BCUT2D eigenvalue weighted by Crippen LogP contribution is -2.28. The van der Waals surface area contributed by atoms with Crippen LogP contribution >= 0.6 is 0 Å². The van der Waals surface area contributed by atoms with Crippen molar-refractivity contribution in [3.8, 4) is 18.1 Å². The predicted octanol–water partition coefficient (Wildman–Crippen LogP) is 1.25. The topological polar surface area (TPSA) is 50.4 Å². The molecule has 0 saturated carbocycles. The highest BCUT2D eigenvalue weighted by Gasteiger charge is 2.02. The van der Waals surface area contributed by atoms with E-state index >= 15 is 0 Å². The number of nitrogens with one attached hydrogen (secondary N) is 2. The lowest BCUT2D eigenvalue weighted by Gasteiger charge is -2.07. The van der Waals surface area contributed by atoms with Crippen molar-refractivity contribution in [2.75, 3.05) is 25.5 Å². The lowest BCUT2D eigenvalue weighted by atomic mass is 10.3. The van der Waals surface area contributed by atoms with E-state index in [0.717, 1.165) is 0 Å². The first-order chi connectivity index (χ1) is 8.26. The van der Waals surface area contributed by atoms with Crippen molar-refractivity contribution in [1.29, 1.82) is 0 Å². The summed E-state index contributed by atoms with van der Waals surface area (Å²) >= 11 is 0. The summed E-state index contributed by atoms with van der Waals surface area (Å²) in [5, 5.41) is 5.71. The fraction of sp³-hybridized carbons (Fsp3) is 0.308. The molecule has 0 aromatic heterocycles. The van der Waals surface area contributed by atoms with Crippen molar-refractivity contribution in [2.45, 2.75) is 6.42 Å². The van der Waals surface area contributed by atoms with Gasteiger partial charge in [-0.3, -0.25) is 4.79 Å². The third-order valence-electron chi connectivity index (χ3n) is 2.09. The monoisotopic (exact) mass is 232 g/mol. The molecule has 0 heterocycles. The van der Waals surface area contributed by atoms with Gasteiger partial charge in [-0.2, -0.15) is 0 Å². The van der Waals surface area contributed by atoms with Crippen LogP contribution in [-0.2, 0) is 4.79 Å². The number of rotatable bonds is 6. The number of benzene rings is 1. The number of hydrogen-bond donors (Lipinski definition) is 2. The summed E-state index contributed by atoms with van der Waals surface area (Å²) in [7, 11) is 1.59. The highest BCUT2D eigenvalue weighted by Crippen LogP contribution is 2.16. The number of terminal acetylenes is 1. The maximum Gasteiger partial charge on any atom is 0.238 e. The molecule has 17 heavy (non-hydrogen) atoms. The Hall–Kier alpha value is -1.99. The SMILES string of the molecule is C#CCCNCC(=O)Nc1cccc(OC)c1. The van der Waals surface area contributed by atoms with Gasteiger partial charge >= 0.3 is 0 Å². The zero-order valence-electron chi connectivity index (χ0n) is 9.82. The van der Waals surface area contributed by atoms with E-state index in [4.69, 9.17) is 11.2 Å². The number of amides is 1. The molecule has 1 aromatic carbocycles. The van der Waals surface area contributed by atoms with Crippen LogP contribution < -0.4 is 15.4 Å². The molecule has 0 aliphatic carbocycles. The van der Waals surface area contributed by atoms with Gasteiger partial charge in [-0.05, 0) is 12.1 Å². The van der Waals surface area contributed by atoms with Crippen molar-refractivity contribution >= 4 is 11.6 Å². The molecule has 4 heteroatoms. The predicted molar refractivity (Wildman–Crippen MR) is 67.9 cm³/mol. The molecule has 1 rings (SSSR count). The highest BCUT2D eigenvalue weighted by atomic mass is 16.5. The summed E-state index contributed by atoms with van der Waals surface area (Å²) in [4.78, 5) is 11.5. The Labute approximate surface area is 101 Å². The van der Waals surface area contributed by atoms with Crippen LogP contribution in [0.4, 0.5) is 5.69 Å². The van der Waals surface area contributed by atoms with Gasteiger partial charge in [0, 0.05) is 24.7 Å². The second-order valence-corrected chi connectivity index (χ2v) is 3.41. The molecule has 90 valence electrons. The Morgan fingerprint density at radius 3 is 3.06 bits per heavy atom. The van der Waals surface area contributed by atoms with Crippen molar-refractivity contribution in [2.24, 2.45) is 0 Å². The highest BCUT2D eigenvalue weighted by molar-refractivity contribution is 5.92. The van der Waals surface area contributed by atoms with Crippen molar-refractivity contribution < 1.29 is 9.53 Å². The Kier molecular flexibility index (Phi) is 5.62. The van der Waals surface area contributed by atoms with Gasteiger partial charge in [0.15, 0.2) is 0 Å². The zero-order chi connectivity index (χ0) is 12.5. The maximum absolute atomic E-state index is 11.5. The van der Waals surface area contributed by atoms with E-state index < -0.39 is 0 Å². The third kappa shape index (κ3) is 5.05. The standard InChI is InChI=1S/C13H16N2O2/c1-3-4-8-14-10-13(16)15-11-6-5-7-12(9-11)17-2/h1,5-7,9,14H,4,8,10H2,2H3,(H,15,16). The largest absolute Gasteiger partial charge is 0.497 e. The second kappa shape index (κ2) is 7.31. The van der Waals surface area contributed by atoms with Gasteiger partial charge < -0.3 is 15.4 Å². The summed E-state index contributed by atoms with van der Waals surface area (Å²) < 4.78 is 5.06. The number of carbonyl (C=O) groups excluding carboxylic acids is 1. The van der Waals surface area contributed by atoms with Crippen molar-refractivity contribution in [1.82, 2.24) is 5.32 Å². The van der Waals surface area contributed by atoms with Crippen LogP contribution in [0.3, 0.4) is 0 Å². The first kappa shape index (κ1) is 13.1. The minimum Gasteiger partial charge on any atom is -0.497 e. The first-order valence-corrected chi connectivity index (χ1v) is 5.34. The smallest absolute Gasteiger partial charge is 0.238 e. The van der Waals surface area contributed by atoms with Crippen molar-refractivity contribution in [3.63, 3.8) is 0 Å². The van der Waals surface area contributed by atoms with Gasteiger partial charge in [0.25, 0.3) is 0 Å². The van der Waals surface area contributed by atoms with Gasteiger partial charge in [-0.25, -0.2) is 0 Å². The molecular weight excluding hydrogens is 216 g/mol. The second-order valence-electron chi connectivity index (χ2n) is 3.41. The lowest BCUT2D eigenvalue weighted by molar-refractivity contribution is -0.115. The number of carbonyl (C=O) groups is 1. The van der Waals surface area contributed by atoms with Crippen LogP contribution in [0.15, 0.2) is 24.3 Å². The molecule has 0 saturated heterocycles. The van der Waals surface area contributed by atoms with Crippen LogP contribution in [-0.4, -0.2) is 26.1 Å². The Balaban J connectivity index is 2.37. The van der Waals surface area contributed by atoms with E-state index in [1.54, 1.807) is 13.2 Å². The number of hydrogen-bond acceptors (Lipinski definition) is 3. The van der Waals surface area contributed by atoms with Gasteiger partial charge in [0.2, 0.25) is 5.91 Å². The summed E-state index contributed by atoms with van der Waals surface area (Å²) in [6.45, 7) is 0.890. The van der Waals surface area contributed by atoms with Gasteiger partial charge in [0.05, 0.1) is 13.7 Å². The van der Waals surface area contributed by atoms with E-state index in [9.17, 15) is 4.79 Å². The number of anilines is 1. The van der Waals surface area contributed by atoms with E-state index in [0.29, 0.717) is 24.4 Å². The number of ether oxygens (including phenoxy) is 1. The Bertz CT molecular complexity index is 410. The summed E-state index contributed by atoms with van der Waals surface area (Å²) in [5.41, 5.74) is 0.716.